The largest absolute Gasteiger partial charge is 0.490 e. The topological polar surface area (TPSA) is 50.8 Å². The third kappa shape index (κ3) is 5.43. The quantitative estimate of drug-likeness (QED) is 0.748. The van der Waals surface area contributed by atoms with Crippen molar-refractivity contribution in [3.63, 3.8) is 0 Å². The Morgan fingerprint density at radius 1 is 1.22 bits per heavy atom. The average Bonchev–Trinajstić information content (AvgIpc) is 2.60. The van der Waals surface area contributed by atoms with E-state index in [0.29, 0.717) is 32.1 Å². The first-order valence-corrected chi connectivity index (χ1v) is 8.53. The first-order chi connectivity index (χ1) is 11.2. The van der Waals surface area contributed by atoms with Gasteiger partial charge < -0.3 is 19.7 Å². The van der Waals surface area contributed by atoms with Crippen LogP contribution in [0.2, 0.25) is 0 Å². The van der Waals surface area contributed by atoms with Crippen molar-refractivity contribution in [3.8, 4) is 11.5 Å². The van der Waals surface area contributed by atoms with E-state index < -0.39 is 0 Å². The lowest BCUT2D eigenvalue weighted by atomic mass is 10.0. The number of benzene rings is 1. The molecule has 1 aliphatic rings. The van der Waals surface area contributed by atoms with Crippen LogP contribution >= 0.6 is 0 Å². The number of hydrogen-bond acceptors (Lipinski definition) is 4. The zero-order chi connectivity index (χ0) is 16.5. The van der Waals surface area contributed by atoms with Gasteiger partial charge in [-0.3, -0.25) is 4.79 Å². The molecule has 1 heterocycles. The minimum absolute atomic E-state index is 0.207. The predicted molar refractivity (Wildman–Crippen MR) is 91.0 cm³/mol. The number of nitrogens with zero attached hydrogens (tertiary/aromatic N) is 1. The Hall–Kier alpha value is -1.75. The number of amides is 1. The number of para-hydroxylation sites is 2. The standard InChI is InChI=1S/C18H28N2O3/c1-3-22-16-7-4-5-8-17(16)23-14-6-9-18(21)20(2)15-10-12-19-13-11-15/h4-5,7-8,15,19H,3,6,9-14H2,1-2H3. The molecule has 0 spiro atoms. The van der Waals surface area contributed by atoms with Gasteiger partial charge in [-0.2, -0.15) is 0 Å². The van der Waals surface area contributed by atoms with E-state index in [1.54, 1.807) is 0 Å². The zero-order valence-corrected chi connectivity index (χ0v) is 14.2. The Bertz CT molecular complexity index is 487. The van der Waals surface area contributed by atoms with Gasteiger partial charge in [0, 0.05) is 19.5 Å². The molecule has 1 N–H and O–H groups in total. The Kier molecular flexibility index (Phi) is 7.20. The maximum atomic E-state index is 12.2. The fraction of sp³-hybridized carbons (Fsp3) is 0.611. The van der Waals surface area contributed by atoms with Gasteiger partial charge in [-0.25, -0.2) is 0 Å². The highest BCUT2D eigenvalue weighted by Crippen LogP contribution is 2.26. The summed E-state index contributed by atoms with van der Waals surface area (Å²) in [6.45, 7) is 5.08. The number of carbonyl (C=O) groups excluding carboxylic acids is 1. The van der Waals surface area contributed by atoms with Gasteiger partial charge in [0.05, 0.1) is 13.2 Å². The molecule has 1 aromatic carbocycles. The highest BCUT2D eigenvalue weighted by atomic mass is 16.5. The van der Waals surface area contributed by atoms with Crippen LogP contribution < -0.4 is 14.8 Å². The number of rotatable bonds is 8. The summed E-state index contributed by atoms with van der Waals surface area (Å²) in [4.78, 5) is 14.2. The molecule has 0 radical (unpaired) electrons. The van der Waals surface area contributed by atoms with Gasteiger partial charge >= 0.3 is 0 Å². The monoisotopic (exact) mass is 320 g/mol. The summed E-state index contributed by atoms with van der Waals surface area (Å²) in [6, 6.07) is 8.02. The molecule has 5 nitrogen and oxygen atoms in total. The lowest BCUT2D eigenvalue weighted by molar-refractivity contribution is -0.132. The average molecular weight is 320 g/mol. The van der Waals surface area contributed by atoms with Crippen molar-refractivity contribution in [1.82, 2.24) is 10.2 Å². The van der Waals surface area contributed by atoms with Crippen LogP contribution in [0, 0.1) is 0 Å². The van der Waals surface area contributed by atoms with Crippen LogP contribution in [-0.4, -0.2) is 50.2 Å². The molecule has 1 amide bonds. The van der Waals surface area contributed by atoms with Crippen LogP contribution in [0.1, 0.15) is 32.6 Å². The van der Waals surface area contributed by atoms with Crippen LogP contribution in [0.5, 0.6) is 11.5 Å². The number of ether oxygens (including phenoxy) is 2. The molecular weight excluding hydrogens is 292 g/mol. The van der Waals surface area contributed by atoms with Crippen molar-refractivity contribution in [1.29, 1.82) is 0 Å². The van der Waals surface area contributed by atoms with Crippen molar-refractivity contribution in [2.45, 2.75) is 38.6 Å². The van der Waals surface area contributed by atoms with E-state index >= 15 is 0 Å². The molecule has 5 heteroatoms. The molecule has 1 fully saturated rings. The molecule has 0 aromatic heterocycles. The number of carbonyl (C=O) groups is 1. The van der Waals surface area contributed by atoms with Gasteiger partial charge in [0.25, 0.3) is 0 Å². The maximum Gasteiger partial charge on any atom is 0.222 e. The minimum atomic E-state index is 0.207. The van der Waals surface area contributed by atoms with E-state index in [9.17, 15) is 4.79 Å². The predicted octanol–water partition coefficient (Wildman–Crippen LogP) is 2.45. The van der Waals surface area contributed by atoms with Crippen molar-refractivity contribution in [3.05, 3.63) is 24.3 Å². The summed E-state index contributed by atoms with van der Waals surface area (Å²) in [5, 5.41) is 3.32. The van der Waals surface area contributed by atoms with E-state index in [4.69, 9.17) is 9.47 Å². The minimum Gasteiger partial charge on any atom is -0.490 e. The first kappa shape index (κ1) is 17.6. The van der Waals surface area contributed by atoms with Crippen LogP contribution in [-0.2, 0) is 4.79 Å². The molecule has 1 aliphatic heterocycles. The maximum absolute atomic E-state index is 12.2. The summed E-state index contributed by atoms with van der Waals surface area (Å²) in [7, 11) is 1.92. The highest BCUT2D eigenvalue weighted by molar-refractivity contribution is 5.76. The lowest BCUT2D eigenvalue weighted by Crippen LogP contribution is -2.43. The SMILES string of the molecule is CCOc1ccccc1OCCCC(=O)N(C)C1CCNCC1. The summed E-state index contributed by atoms with van der Waals surface area (Å²) in [5.41, 5.74) is 0. The second-order valence-corrected chi connectivity index (χ2v) is 5.82. The Morgan fingerprint density at radius 3 is 2.52 bits per heavy atom. The molecule has 23 heavy (non-hydrogen) atoms. The third-order valence-corrected chi connectivity index (χ3v) is 4.19. The van der Waals surface area contributed by atoms with Crippen molar-refractivity contribution >= 4 is 5.91 Å². The van der Waals surface area contributed by atoms with E-state index in [1.165, 1.54) is 0 Å². The van der Waals surface area contributed by atoms with Gasteiger partial charge in [0.2, 0.25) is 5.91 Å². The van der Waals surface area contributed by atoms with Gasteiger partial charge in [-0.05, 0) is 51.4 Å². The summed E-state index contributed by atoms with van der Waals surface area (Å²) in [5.74, 6) is 1.71. The number of hydrogen-bond donors (Lipinski definition) is 1. The smallest absolute Gasteiger partial charge is 0.222 e. The molecular formula is C18H28N2O3. The Labute approximate surface area is 139 Å². The van der Waals surface area contributed by atoms with Crippen molar-refractivity contribution in [2.75, 3.05) is 33.4 Å². The van der Waals surface area contributed by atoms with Crippen LogP contribution in [0.15, 0.2) is 24.3 Å². The van der Waals surface area contributed by atoms with E-state index in [0.717, 1.165) is 37.4 Å². The van der Waals surface area contributed by atoms with Gasteiger partial charge in [0.15, 0.2) is 11.5 Å². The molecule has 0 aliphatic carbocycles. The van der Waals surface area contributed by atoms with Crippen molar-refractivity contribution in [2.24, 2.45) is 0 Å². The lowest BCUT2D eigenvalue weighted by Gasteiger charge is -2.31. The van der Waals surface area contributed by atoms with Gasteiger partial charge in [-0.1, -0.05) is 12.1 Å². The molecule has 1 aromatic rings. The molecule has 0 unspecified atom stereocenters. The Morgan fingerprint density at radius 2 is 1.87 bits per heavy atom. The Balaban J connectivity index is 1.71. The van der Waals surface area contributed by atoms with E-state index in [2.05, 4.69) is 5.32 Å². The first-order valence-electron chi connectivity index (χ1n) is 8.53. The van der Waals surface area contributed by atoms with Crippen LogP contribution in [0.3, 0.4) is 0 Å². The van der Waals surface area contributed by atoms with Gasteiger partial charge in [-0.15, -0.1) is 0 Å². The fourth-order valence-electron chi connectivity index (χ4n) is 2.82. The summed E-state index contributed by atoms with van der Waals surface area (Å²) >= 11 is 0. The molecule has 128 valence electrons. The van der Waals surface area contributed by atoms with Crippen LogP contribution in [0.25, 0.3) is 0 Å². The second-order valence-electron chi connectivity index (χ2n) is 5.82. The van der Waals surface area contributed by atoms with Crippen molar-refractivity contribution < 1.29 is 14.3 Å². The number of nitrogens with one attached hydrogen (secondary N) is 1. The second kappa shape index (κ2) is 9.40. The highest BCUT2D eigenvalue weighted by Gasteiger charge is 2.21. The molecule has 0 bridgehead atoms. The van der Waals surface area contributed by atoms with Gasteiger partial charge in [0.1, 0.15) is 0 Å². The fourth-order valence-corrected chi connectivity index (χ4v) is 2.82. The normalized spacial score (nSPS) is 15.2. The van der Waals surface area contributed by atoms with E-state index in [-0.39, 0.29) is 5.91 Å². The third-order valence-electron chi connectivity index (χ3n) is 4.19. The van der Waals surface area contributed by atoms with E-state index in [1.807, 2.05) is 43.1 Å². The molecule has 0 atom stereocenters. The number of piperidine rings is 1. The molecule has 1 saturated heterocycles. The molecule has 2 rings (SSSR count). The zero-order valence-electron chi connectivity index (χ0n) is 14.2. The summed E-state index contributed by atoms with van der Waals surface area (Å²) in [6.07, 6.45) is 3.33. The van der Waals surface area contributed by atoms with Crippen LogP contribution in [0.4, 0.5) is 0 Å². The molecule has 0 saturated carbocycles. The summed E-state index contributed by atoms with van der Waals surface area (Å²) < 4.78 is 11.3.